The van der Waals surface area contributed by atoms with Crippen LogP contribution < -0.4 is 9.64 Å². The van der Waals surface area contributed by atoms with Gasteiger partial charge in [0.2, 0.25) is 0 Å². The highest BCUT2D eigenvalue weighted by atomic mass is 32.1. The molecule has 1 amide bonds. The zero-order valence-corrected chi connectivity index (χ0v) is 16.5. The van der Waals surface area contributed by atoms with Gasteiger partial charge < -0.3 is 14.5 Å². The fraction of sp³-hybridized carbons (Fsp3) is 0.333. The van der Waals surface area contributed by atoms with E-state index in [4.69, 9.17) is 9.72 Å². The molecule has 27 heavy (non-hydrogen) atoms. The van der Waals surface area contributed by atoms with Gasteiger partial charge in [-0.3, -0.25) is 4.79 Å². The first kappa shape index (κ1) is 17.8. The molecule has 0 spiro atoms. The van der Waals surface area contributed by atoms with Crippen molar-refractivity contribution in [1.29, 1.82) is 0 Å². The Morgan fingerprint density at radius 3 is 2.52 bits per heavy atom. The predicted octanol–water partition coefficient (Wildman–Crippen LogP) is 3.83. The molecule has 1 aliphatic heterocycles. The molecule has 2 aromatic carbocycles. The first-order valence-electron chi connectivity index (χ1n) is 9.26. The lowest BCUT2D eigenvalue weighted by Crippen LogP contribution is -2.48. The average Bonchev–Trinajstić information content (AvgIpc) is 3.18. The third kappa shape index (κ3) is 3.49. The normalized spacial score (nSPS) is 14.6. The van der Waals surface area contributed by atoms with E-state index in [0.717, 1.165) is 35.9 Å². The lowest BCUT2D eigenvalue weighted by atomic mass is 10.1. The summed E-state index contributed by atoms with van der Waals surface area (Å²) in [6, 6.07) is 13.7. The summed E-state index contributed by atoms with van der Waals surface area (Å²) in [5.41, 5.74) is 3.12. The molecule has 3 aromatic rings. The molecular formula is C21H23N3O2S. The largest absolute Gasteiger partial charge is 0.497 e. The number of piperazine rings is 1. The van der Waals surface area contributed by atoms with Gasteiger partial charge in [-0.1, -0.05) is 30.4 Å². The van der Waals surface area contributed by atoms with Crippen LogP contribution in [-0.2, 0) is 6.42 Å². The van der Waals surface area contributed by atoms with Crippen molar-refractivity contribution in [2.24, 2.45) is 0 Å². The summed E-state index contributed by atoms with van der Waals surface area (Å²) < 4.78 is 6.40. The monoisotopic (exact) mass is 381 g/mol. The van der Waals surface area contributed by atoms with E-state index in [-0.39, 0.29) is 5.91 Å². The number of ether oxygens (including phenoxy) is 1. The maximum atomic E-state index is 12.7. The van der Waals surface area contributed by atoms with Gasteiger partial charge in [0.05, 0.1) is 17.3 Å². The molecule has 1 fully saturated rings. The van der Waals surface area contributed by atoms with E-state index in [0.29, 0.717) is 18.7 Å². The Labute approximate surface area is 163 Å². The van der Waals surface area contributed by atoms with Gasteiger partial charge in [0, 0.05) is 31.7 Å². The molecular weight excluding hydrogens is 358 g/mol. The van der Waals surface area contributed by atoms with Crippen molar-refractivity contribution < 1.29 is 9.53 Å². The number of anilines is 1. The van der Waals surface area contributed by atoms with E-state index in [1.165, 1.54) is 10.3 Å². The van der Waals surface area contributed by atoms with Gasteiger partial charge in [-0.2, -0.15) is 0 Å². The molecule has 0 atom stereocenters. The van der Waals surface area contributed by atoms with E-state index < -0.39 is 0 Å². The van der Waals surface area contributed by atoms with Gasteiger partial charge >= 0.3 is 0 Å². The van der Waals surface area contributed by atoms with Gasteiger partial charge in [-0.15, -0.1) is 0 Å². The second-order valence-corrected chi connectivity index (χ2v) is 7.63. The minimum atomic E-state index is 0.0786. The van der Waals surface area contributed by atoms with Crippen LogP contribution in [-0.4, -0.2) is 49.1 Å². The number of para-hydroxylation sites is 1. The summed E-state index contributed by atoms with van der Waals surface area (Å²) in [6.07, 6.45) is 0.991. The number of hydrogen-bond acceptors (Lipinski definition) is 5. The smallest absolute Gasteiger partial charge is 0.253 e. The number of nitrogens with zero attached hydrogens (tertiary/aromatic N) is 3. The van der Waals surface area contributed by atoms with Crippen molar-refractivity contribution >= 4 is 32.6 Å². The van der Waals surface area contributed by atoms with E-state index >= 15 is 0 Å². The van der Waals surface area contributed by atoms with Crippen molar-refractivity contribution in [2.75, 3.05) is 38.2 Å². The van der Waals surface area contributed by atoms with Gasteiger partial charge in [0.15, 0.2) is 5.13 Å². The van der Waals surface area contributed by atoms with Crippen LogP contribution in [0.1, 0.15) is 22.8 Å². The topological polar surface area (TPSA) is 45.7 Å². The number of thiazole rings is 1. The molecule has 5 nitrogen and oxygen atoms in total. The van der Waals surface area contributed by atoms with Gasteiger partial charge in [0.25, 0.3) is 5.91 Å². The first-order valence-corrected chi connectivity index (χ1v) is 10.1. The zero-order chi connectivity index (χ0) is 18.8. The van der Waals surface area contributed by atoms with Crippen molar-refractivity contribution in [3.8, 4) is 5.75 Å². The number of amides is 1. The number of benzene rings is 2. The molecule has 0 saturated carbocycles. The minimum absolute atomic E-state index is 0.0786. The molecule has 140 valence electrons. The number of hydrogen-bond donors (Lipinski definition) is 0. The maximum absolute atomic E-state index is 12.7. The molecule has 6 heteroatoms. The Morgan fingerprint density at radius 2 is 1.85 bits per heavy atom. The predicted molar refractivity (Wildman–Crippen MR) is 110 cm³/mol. The van der Waals surface area contributed by atoms with Crippen molar-refractivity contribution in [3.05, 3.63) is 53.6 Å². The molecule has 2 heterocycles. The third-order valence-electron chi connectivity index (χ3n) is 5.05. The first-order chi connectivity index (χ1) is 13.2. The minimum Gasteiger partial charge on any atom is -0.497 e. The Bertz CT molecular complexity index is 944. The molecule has 1 aliphatic rings. The number of aryl methyl sites for hydroxylation is 1. The number of carbonyl (C=O) groups excluding carboxylic acids is 1. The molecule has 0 aliphatic carbocycles. The second-order valence-electron chi connectivity index (χ2n) is 6.62. The summed E-state index contributed by atoms with van der Waals surface area (Å²) in [4.78, 5) is 21.8. The number of aromatic nitrogens is 1. The van der Waals surface area contributed by atoms with E-state index in [2.05, 4.69) is 30.0 Å². The highest BCUT2D eigenvalue weighted by molar-refractivity contribution is 7.22. The zero-order valence-electron chi connectivity index (χ0n) is 15.6. The summed E-state index contributed by atoms with van der Waals surface area (Å²) in [6.45, 7) is 5.20. The Morgan fingerprint density at radius 1 is 1.11 bits per heavy atom. The SMILES string of the molecule is CCc1cccc2sc(N3CCN(C(=O)c4ccc(OC)cc4)CC3)nc12. The molecule has 0 N–H and O–H groups in total. The van der Waals surface area contributed by atoms with E-state index in [1.54, 1.807) is 18.4 Å². The summed E-state index contributed by atoms with van der Waals surface area (Å²) in [7, 11) is 1.63. The summed E-state index contributed by atoms with van der Waals surface area (Å²) in [5.74, 6) is 0.841. The van der Waals surface area contributed by atoms with E-state index in [1.807, 2.05) is 29.2 Å². The lowest BCUT2D eigenvalue weighted by molar-refractivity contribution is 0.0746. The lowest BCUT2D eigenvalue weighted by Gasteiger charge is -2.34. The molecule has 0 radical (unpaired) electrons. The Kier molecular flexibility index (Phi) is 4.99. The Balaban J connectivity index is 1.44. The van der Waals surface area contributed by atoms with Crippen molar-refractivity contribution in [3.63, 3.8) is 0 Å². The Hall–Kier alpha value is -2.60. The fourth-order valence-corrected chi connectivity index (χ4v) is 4.50. The van der Waals surface area contributed by atoms with Crippen LogP contribution in [0.2, 0.25) is 0 Å². The highest BCUT2D eigenvalue weighted by Gasteiger charge is 2.24. The van der Waals surface area contributed by atoms with Gasteiger partial charge in [-0.05, 0) is 42.3 Å². The molecule has 1 saturated heterocycles. The summed E-state index contributed by atoms with van der Waals surface area (Å²) in [5, 5.41) is 1.06. The second kappa shape index (κ2) is 7.56. The van der Waals surface area contributed by atoms with Gasteiger partial charge in [0.1, 0.15) is 5.75 Å². The number of rotatable bonds is 4. The molecule has 1 aromatic heterocycles. The van der Waals surface area contributed by atoms with E-state index in [9.17, 15) is 4.79 Å². The third-order valence-corrected chi connectivity index (χ3v) is 6.13. The molecule has 0 bridgehead atoms. The summed E-state index contributed by atoms with van der Waals surface area (Å²) >= 11 is 1.74. The number of carbonyl (C=O) groups is 1. The quantitative estimate of drug-likeness (QED) is 0.689. The standard InChI is InChI=1S/C21H23N3O2S/c1-3-15-5-4-6-18-19(15)22-21(27-18)24-13-11-23(12-14-24)20(25)16-7-9-17(26-2)10-8-16/h4-10H,3,11-14H2,1-2H3. The number of methoxy groups -OCH3 is 1. The van der Waals surface area contributed by atoms with Crippen LogP contribution in [0.5, 0.6) is 5.75 Å². The molecule has 0 unspecified atom stereocenters. The molecule has 4 rings (SSSR count). The fourth-order valence-electron chi connectivity index (χ4n) is 3.43. The van der Waals surface area contributed by atoms with Crippen LogP contribution in [0, 0.1) is 0 Å². The highest BCUT2D eigenvalue weighted by Crippen LogP contribution is 2.31. The van der Waals surface area contributed by atoms with Crippen molar-refractivity contribution in [2.45, 2.75) is 13.3 Å². The van der Waals surface area contributed by atoms with Crippen LogP contribution >= 0.6 is 11.3 Å². The van der Waals surface area contributed by atoms with Crippen molar-refractivity contribution in [1.82, 2.24) is 9.88 Å². The van der Waals surface area contributed by atoms with Crippen LogP contribution in [0.4, 0.5) is 5.13 Å². The van der Waals surface area contributed by atoms with Crippen LogP contribution in [0.3, 0.4) is 0 Å². The average molecular weight is 382 g/mol. The maximum Gasteiger partial charge on any atom is 0.253 e. The van der Waals surface area contributed by atoms with Crippen LogP contribution in [0.25, 0.3) is 10.2 Å². The van der Waals surface area contributed by atoms with Crippen LogP contribution in [0.15, 0.2) is 42.5 Å². The number of fused-ring (bicyclic) bond motifs is 1. The van der Waals surface area contributed by atoms with Gasteiger partial charge in [-0.25, -0.2) is 4.98 Å².